The number of carbonyl (C=O) groups excluding carboxylic acids is 2. The Hall–Kier alpha value is -0.710. The molecule has 0 aromatic carbocycles. The molecule has 0 aromatic rings. The Morgan fingerprint density at radius 3 is 2.88 bits per heavy atom. The Bertz CT molecular complexity index is 271. The second kappa shape index (κ2) is 7.58. The number of nitrogens with zero attached hydrogens (tertiary/aromatic N) is 1. The third kappa shape index (κ3) is 4.58. The molecule has 1 rings (SSSR count). The number of thioether (sulfide) groups is 1. The fourth-order valence-corrected chi connectivity index (χ4v) is 2.42. The van der Waals surface area contributed by atoms with Gasteiger partial charge in [0.15, 0.2) is 0 Å². The van der Waals surface area contributed by atoms with E-state index in [0.717, 1.165) is 31.6 Å². The van der Waals surface area contributed by atoms with Crippen molar-refractivity contribution in [2.45, 2.75) is 38.6 Å². The van der Waals surface area contributed by atoms with Crippen molar-refractivity contribution >= 4 is 23.6 Å². The summed E-state index contributed by atoms with van der Waals surface area (Å²) >= 11 is 1.79. The quantitative estimate of drug-likeness (QED) is 0.730. The Balaban J connectivity index is 2.56. The van der Waals surface area contributed by atoms with Gasteiger partial charge in [-0.25, -0.2) is 0 Å². The maximum atomic E-state index is 12.2. The highest BCUT2D eigenvalue weighted by Gasteiger charge is 2.28. The van der Waals surface area contributed by atoms with Gasteiger partial charge < -0.3 is 10.2 Å². The molecule has 1 aliphatic rings. The first kappa shape index (κ1) is 14.4. The van der Waals surface area contributed by atoms with Crippen LogP contribution in [0.5, 0.6) is 0 Å². The van der Waals surface area contributed by atoms with Crippen molar-refractivity contribution in [2.75, 3.05) is 25.1 Å². The van der Waals surface area contributed by atoms with E-state index in [1.165, 1.54) is 0 Å². The molecule has 0 aliphatic carbocycles. The van der Waals surface area contributed by atoms with Crippen LogP contribution in [0, 0.1) is 0 Å². The van der Waals surface area contributed by atoms with Crippen molar-refractivity contribution < 1.29 is 9.59 Å². The first-order chi connectivity index (χ1) is 8.19. The summed E-state index contributed by atoms with van der Waals surface area (Å²) in [5.41, 5.74) is 0. The highest BCUT2D eigenvalue weighted by molar-refractivity contribution is 7.98. The zero-order valence-electron chi connectivity index (χ0n) is 10.7. The molecule has 1 atom stereocenters. The largest absolute Gasteiger partial charge is 0.344 e. The van der Waals surface area contributed by atoms with E-state index >= 15 is 0 Å². The van der Waals surface area contributed by atoms with Gasteiger partial charge in [-0.15, -0.1) is 0 Å². The predicted octanol–water partition coefficient (Wildman–Crippen LogP) is 1.26. The van der Waals surface area contributed by atoms with Gasteiger partial charge in [0.2, 0.25) is 11.8 Å². The summed E-state index contributed by atoms with van der Waals surface area (Å²) in [4.78, 5) is 25.5. The topological polar surface area (TPSA) is 49.4 Å². The van der Waals surface area contributed by atoms with E-state index in [0.29, 0.717) is 13.0 Å². The molecular weight excluding hydrogens is 236 g/mol. The van der Waals surface area contributed by atoms with Crippen molar-refractivity contribution in [2.24, 2.45) is 0 Å². The van der Waals surface area contributed by atoms with Crippen LogP contribution in [0.15, 0.2) is 0 Å². The number of amides is 2. The third-order valence-corrected chi connectivity index (χ3v) is 3.60. The van der Waals surface area contributed by atoms with E-state index < -0.39 is 0 Å². The minimum Gasteiger partial charge on any atom is -0.344 e. The van der Waals surface area contributed by atoms with Crippen LogP contribution >= 0.6 is 11.8 Å². The van der Waals surface area contributed by atoms with E-state index in [4.69, 9.17) is 0 Å². The summed E-state index contributed by atoms with van der Waals surface area (Å²) in [5.74, 6) is 1.16. The fraction of sp³-hybridized carbons (Fsp3) is 0.833. The molecule has 1 unspecified atom stereocenters. The van der Waals surface area contributed by atoms with Gasteiger partial charge in [0.05, 0.1) is 0 Å². The highest BCUT2D eigenvalue weighted by Crippen LogP contribution is 2.09. The molecule has 17 heavy (non-hydrogen) atoms. The van der Waals surface area contributed by atoms with Crippen LogP contribution in [0.1, 0.15) is 32.6 Å². The fourth-order valence-electron chi connectivity index (χ4n) is 2.00. The number of nitrogens with one attached hydrogen (secondary N) is 1. The lowest BCUT2D eigenvalue weighted by atomic mass is 10.1. The van der Waals surface area contributed by atoms with Gasteiger partial charge in [-0.1, -0.05) is 13.3 Å². The number of carbonyl (C=O) groups is 2. The molecule has 1 heterocycles. The molecule has 0 radical (unpaired) electrons. The van der Waals surface area contributed by atoms with E-state index in [1.807, 2.05) is 11.8 Å². The second-order valence-corrected chi connectivity index (χ2v) is 5.32. The first-order valence-electron chi connectivity index (χ1n) is 6.26. The maximum absolute atomic E-state index is 12.2. The van der Waals surface area contributed by atoms with Crippen LogP contribution in [0.25, 0.3) is 0 Å². The molecule has 1 aliphatic heterocycles. The molecule has 0 aromatic heterocycles. The van der Waals surface area contributed by atoms with Crippen LogP contribution in [0.3, 0.4) is 0 Å². The molecule has 4 nitrogen and oxygen atoms in total. The van der Waals surface area contributed by atoms with Gasteiger partial charge >= 0.3 is 0 Å². The van der Waals surface area contributed by atoms with Crippen LogP contribution in [-0.4, -0.2) is 47.9 Å². The highest BCUT2D eigenvalue weighted by atomic mass is 32.2. The Morgan fingerprint density at radius 1 is 1.47 bits per heavy atom. The normalized spacial score (nSPS) is 21.3. The van der Waals surface area contributed by atoms with Crippen LogP contribution < -0.4 is 5.32 Å². The lowest BCUT2D eigenvalue weighted by molar-refractivity contribution is -0.133. The van der Waals surface area contributed by atoms with Gasteiger partial charge in [-0.3, -0.25) is 9.59 Å². The van der Waals surface area contributed by atoms with Crippen LogP contribution in [0.4, 0.5) is 0 Å². The van der Waals surface area contributed by atoms with E-state index in [1.54, 1.807) is 11.8 Å². The molecule has 1 saturated heterocycles. The number of hydrogen-bond donors (Lipinski definition) is 1. The lowest BCUT2D eigenvalue weighted by Crippen LogP contribution is -2.44. The summed E-state index contributed by atoms with van der Waals surface area (Å²) in [5, 5.41) is 2.81. The van der Waals surface area contributed by atoms with Crippen molar-refractivity contribution in [1.82, 2.24) is 10.2 Å². The Morgan fingerprint density at radius 2 is 2.24 bits per heavy atom. The maximum Gasteiger partial charge on any atom is 0.245 e. The van der Waals surface area contributed by atoms with Crippen molar-refractivity contribution in [1.29, 1.82) is 0 Å². The zero-order valence-corrected chi connectivity index (χ0v) is 11.5. The van der Waals surface area contributed by atoms with Gasteiger partial charge in [-0.2, -0.15) is 11.8 Å². The Kier molecular flexibility index (Phi) is 6.40. The minimum atomic E-state index is -0.302. The SMILES string of the molecule is CCCC1NC(=O)CCN(CCCSC)C1=O. The molecular formula is C12H22N2O2S. The average Bonchev–Trinajstić information content (AvgIpc) is 2.43. The summed E-state index contributed by atoms with van der Waals surface area (Å²) in [6, 6.07) is -0.302. The molecule has 98 valence electrons. The molecule has 1 N–H and O–H groups in total. The summed E-state index contributed by atoms with van der Waals surface area (Å²) < 4.78 is 0. The van der Waals surface area contributed by atoms with E-state index in [-0.39, 0.29) is 17.9 Å². The predicted molar refractivity (Wildman–Crippen MR) is 71.0 cm³/mol. The molecule has 1 fully saturated rings. The van der Waals surface area contributed by atoms with E-state index in [2.05, 4.69) is 11.6 Å². The standard InChI is InChI=1S/C12H22N2O2S/c1-3-5-10-12(16)14(7-4-9-17-2)8-6-11(15)13-10/h10H,3-9H2,1-2H3,(H,13,15). The monoisotopic (exact) mass is 258 g/mol. The van der Waals surface area contributed by atoms with Gasteiger partial charge in [0.25, 0.3) is 0 Å². The second-order valence-electron chi connectivity index (χ2n) is 4.33. The number of hydrogen-bond acceptors (Lipinski definition) is 3. The van der Waals surface area contributed by atoms with Gasteiger partial charge in [0.1, 0.15) is 6.04 Å². The first-order valence-corrected chi connectivity index (χ1v) is 7.65. The van der Waals surface area contributed by atoms with Crippen molar-refractivity contribution in [3.8, 4) is 0 Å². The van der Waals surface area contributed by atoms with Crippen molar-refractivity contribution in [3.05, 3.63) is 0 Å². The minimum absolute atomic E-state index is 0.00386. The van der Waals surface area contributed by atoms with Crippen molar-refractivity contribution in [3.63, 3.8) is 0 Å². The van der Waals surface area contributed by atoms with Gasteiger partial charge in [0, 0.05) is 19.5 Å². The van der Waals surface area contributed by atoms with Gasteiger partial charge in [-0.05, 0) is 24.9 Å². The molecule has 2 amide bonds. The molecule has 0 saturated carbocycles. The average molecular weight is 258 g/mol. The lowest BCUT2D eigenvalue weighted by Gasteiger charge is -2.23. The van der Waals surface area contributed by atoms with Crippen LogP contribution in [-0.2, 0) is 9.59 Å². The smallest absolute Gasteiger partial charge is 0.245 e. The molecule has 0 spiro atoms. The van der Waals surface area contributed by atoms with E-state index in [9.17, 15) is 9.59 Å². The zero-order chi connectivity index (χ0) is 12.7. The van der Waals surface area contributed by atoms with Crippen LogP contribution in [0.2, 0.25) is 0 Å². The number of rotatable bonds is 6. The Labute approximate surface area is 108 Å². The summed E-state index contributed by atoms with van der Waals surface area (Å²) in [6.07, 6.45) is 5.15. The summed E-state index contributed by atoms with van der Waals surface area (Å²) in [7, 11) is 0. The summed E-state index contributed by atoms with van der Waals surface area (Å²) in [6.45, 7) is 3.37. The molecule has 5 heteroatoms. The third-order valence-electron chi connectivity index (χ3n) is 2.91. The molecule has 0 bridgehead atoms.